The van der Waals surface area contributed by atoms with Gasteiger partial charge < -0.3 is 10.1 Å². The van der Waals surface area contributed by atoms with Gasteiger partial charge in [0, 0.05) is 17.7 Å². The number of aryl methyl sites for hydroxylation is 2. The van der Waals surface area contributed by atoms with Gasteiger partial charge in [0.2, 0.25) is 10.0 Å². The molecule has 0 fully saturated rings. The largest absolute Gasteiger partial charge is 0.492 e. The van der Waals surface area contributed by atoms with E-state index in [4.69, 9.17) is 4.74 Å². The number of rotatable bonds is 11. The molecule has 0 saturated heterocycles. The van der Waals surface area contributed by atoms with Crippen LogP contribution in [0.3, 0.4) is 0 Å². The molecule has 0 aromatic heterocycles. The fourth-order valence-electron chi connectivity index (χ4n) is 3.55. The molecule has 0 radical (unpaired) electrons. The second-order valence-electron chi connectivity index (χ2n) is 8.30. The van der Waals surface area contributed by atoms with E-state index in [1.165, 1.54) is 23.8 Å². The maximum absolute atomic E-state index is 12.5. The number of amides is 1. The van der Waals surface area contributed by atoms with Crippen molar-refractivity contribution in [1.82, 2.24) is 5.32 Å². The molecule has 0 spiro atoms. The molecule has 0 bridgehead atoms. The smallest absolute Gasteiger partial charge is 0.271 e. The molecule has 0 atom stereocenters. The Bertz CT molecular complexity index is 1320. The zero-order valence-corrected chi connectivity index (χ0v) is 21.2. The van der Waals surface area contributed by atoms with Gasteiger partial charge in [0.15, 0.2) is 0 Å². The molecule has 1 amide bonds. The maximum atomic E-state index is 12.5. The van der Waals surface area contributed by atoms with Crippen LogP contribution in [0.4, 0.5) is 11.4 Å². The Morgan fingerprint density at radius 1 is 1.03 bits per heavy atom. The summed E-state index contributed by atoms with van der Waals surface area (Å²) >= 11 is 0. The van der Waals surface area contributed by atoms with Crippen molar-refractivity contribution >= 4 is 27.3 Å². The topological polar surface area (TPSA) is 119 Å². The van der Waals surface area contributed by atoms with Crippen LogP contribution in [-0.4, -0.2) is 38.7 Å². The molecule has 0 aliphatic heterocycles. The van der Waals surface area contributed by atoms with E-state index in [-0.39, 0.29) is 23.8 Å². The number of hydrogen-bond acceptors (Lipinski definition) is 6. The van der Waals surface area contributed by atoms with Crippen LogP contribution in [-0.2, 0) is 23.0 Å². The molecule has 36 heavy (non-hydrogen) atoms. The third-order valence-corrected chi connectivity index (χ3v) is 6.73. The molecule has 190 valence electrons. The summed E-state index contributed by atoms with van der Waals surface area (Å²) in [6.45, 7) is 4.38. The first-order valence-corrected chi connectivity index (χ1v) is 13.2. The number of nitrogens with one attached hydrogen (secondary N) is 1. The molecule has 9 nitrogen and oxygen atoms in total. The Morgan fingerprint density at radius 2 is 1.67 bits per heavy atom. The van der Waals surface area contributed by atoms with Crippen LogP contribution < -0.4 is 14.4 Å². The molecule has 3 aromatic carbocycles. The molecular weight excluding hydrogens is 482 g/mol. The summed E-state index contributed by atoms with van der Waals surface area (Å²) in [7, 11) is -3.73. The van der Waals surface area contributed by atoms with Crippen LogP contribution >= 0.6 is 0 Å². The third kappa shape index (κ3) is 7.05. The van der Waals surface area contributed by atoms with Crippen molar-refractivity contribution in [2.45, 2.75) is 26.8 Å². The summed E-state index contributed by atoms with van der Waals surface area (Å²) in [5.74, 6) is 0.459. The van der Waals surface area contributed by atoms with E-state index in [1.807, 2.05) is 24.3 Å². The van der Waals surface area contributed by atoms with Crippen molar-refractivity contribution in [3.63, 3.8) is 0 Å². The highest BCUT2D eigenvalue weighted by atomic mass is 32.2. The number of nitrogens with zero attached hydrogens (tertiary/aromatic N) is 2. The van der Waals surface area contributed by atoms with Gasteiger partial charge in [0.25, 0.3) is 11.6 Å². The molecule has 10 heteroatoms. The van der Waals surface area contributed by atoms with E-state index in [0.717, 1.165) is 22.7 Å². The van der Waals surface area contributed by atoms with Crippen LogP contribution in [0.5, 0.6) is 5.75 Å². The number of nitro benzene ring substituents is 1. The highest BCUT2D eigenvalue weighted by Crippen LogP contribution is 2.29. The lowest BCUT2D eigenvalue weighted by atomic mass is 10.1. The Kier molecular flexibility index (Phi) is 8.65. The highest BCUT2D eigenvalue weighted by Gasteiger charge is 2.22. The molecule has 1 N–H and O–H groups in total. The van der Waals surface area contributed by atoms with Crippen LogP contribution in [0.2, 0.25) is 0 Å². The lowest BCUT2D eigenvalue weighted by Gasteiger charge is -2.24. The minimum Gasteiger partial charge on any atom is -0.492 e. The molecule has 0 unspecified atom stereocenters. The molecular formula is C26H29N3O6S. The van der Waals surface area contributed by atoms with Gasteiger partial charge >= 0.3 is 0 Å². The monoisotopic (exact) mass is 511 g/mol. The van der Waals surface area contributed by atoms with E-state index < -0.39 is 14.9 Å². The second-order valence-corrected chi connectivity index (χ2v) is 10.2. The quantitative estimate of drug-likeness (QED) is 0.234. The number of non-ortho nitro benzene ring substituents is 1. The van der Waals surface area contributed by atoms with E-state index in [0.29, 0.717) is 29.8 Å². The Hall–Kier alpha value is -3.92. The van der Waals surface area contributed by atoms with Crippen molar-refractivity contribution in [3.8, 4) is 5.75 Å². The summed E-state index contributed by atoms with van der Waals surface area (Å²) in [5, 5.41) is 14.0. The van der Waals surface area contributed by atoms with E-state index in [1.54, 1.807) is 31.2 Å². The summed E-state index contributed by atoms with van der Waals surface area (Å²) in [6, 6.07) is 18.4. The molecule has 0 aliphatic carbocycles. The Balaban J connectivity index is 1.62. The Labute approximate surface area is 210 Å². The average Bonchev–Trinajstić information content (AvgIpc) is 2.85. The van der Waals surface area contributed by atoms with Gasteiger partial charge in [0.05, 0.1) is 30.0 Å². The van der Waals surface area contributed by atoms with Crippen molar-refractivity contribution in [2.75, 3.05) is 23.7 Å². The van der Waals surface area contributed by atoms with Gasteiger partial charge in [-0.1, -0.05) is 37.3 Å². The number of carbonyl (C=O) groups excluding carboxylic acids is 1. The molecule has 3 aromatic rings. The van der Waals surface area contributed by atoms with Crippen molar-refractivity contribution in [3.05, 3.63) is 99.1 Å². The fraction of sp³-hybridized carbons (Fsp3) is 0.269. The summed E-state index contributed by atoms with van der Waals surface area (Å²) in [4.78, 5) is 23.1. The minimum absolute atomic E-state index is 0.0343. The third-order valence-electron chi connectivity index (χ3n) is 5.60. The van der Waals surface area contributed by atoms with Crippen LogP contribution in [0, 0.1) is 17.0 Å². The summed E-state index contributed by atoms with van der Waals surface area (Å²) in [6.07, 6.45) is 2.00. The molecule has 3 rings (SSSR count). The zero-order chi connectivity index (χ0) is 26.3. The number of hydrogen-bond donors (Lipinski definition) is 1. The lowest BCUT2D eigenvalue weighted by molar-refractivity contribution is -0.384. The summed E-state index contributed by atoms with van der Waals surface area (Å²) in [5.41, 5.74) is 2.89. The first kappa shape index (κ1) is 26.7. The molecule has 0 saturated carbocycles. The number of nitro groups is 1. The standard InChI is InChI=1S/C26H29N3O6S/c1-4-20-8-13-24(14-9-20)35-16-15-27-26(30)22-10-6-21(7-11-22)18-28(36(3,33)34)25-17-23(29(31)32)12-5-19(25)2/h5-14,17H,4,15-16,18H2,1-3H3,(H,27,30). The van der Waals surface area contributed by atoms with Gasteiger partial charge in [0.1, 0.15) is 12.4 Å². The van der Waals surface area contributed by atoms with E-state index in [2.05, 4.69) is 12.2 Å². The van der Waals surface area contributed by atoms with E-state index >= 15 is 0 Å². The SMILES string of the molecule is CCc1ccc(OCCNC(=O)c2ccc(CN(c3cc([N+](=O)[O-])ccc3C)S(C)(=O)=O)cc2)cc1. The van der Waals surface area contributed by atoms with Crippen molar-refractivity contribution in [2.24, 2.45) is 0 Å². The van der Waals surface area contributed by atoms with Crippen LogP contribution in [0.25, 0.3) is 0 Å². The van der Waals surface area contributed by atoms with Crippen molar-refractivity contribution in [1.29, 1.82) is 0 Å². The van der Waals surface area contributed by atoms with Crippen molar-refractivity contribution < 1.29 is 22.9 Å². The van der Waals surface area contributed by atoms with Crippen LogP contribution in [0.15, 0.2) is 66.7 Å². The summed E-state index contributed by atoms with van der Waals surface area (Å²) < 4.78 is 31.8. The molecule has 0 heterocycles. The number of sulfonamides is 1. The highest BCUT2D eigenvalue weighted by molar-refractivity contribution is 7.92. The number of benzene rings is 3. The fourth-order valence-corrected chi connectivity index (χ4v) is 4.48. The Morgan fingerprint density at radius 3 is 2.25 bits per heavy atom. The minimum atomic E-state index is -3.73. The van der Waals surface area contributed by atoms with Gasteiger partial charge in [-0.05, 0) is 54.3 Å². The normalized spacial score (nSPS) is 11.1. The van der Waals surface area contributed by atoms with Gasteiger partial charge in [-0.15, -0.1) is 0 Å². The van der Waals surface area contributed by atoms with Gasteiger partial charge in [-0.25, -0.2) is 8.42 Å². The lowest BCUT2D eigenvalue weighted by Crippen LogP contribution is -2.30. The average molecular weight is 512 g/mol. The number of ether oxygens (including phenoxy) is 1. The van der Waals surface area contributed by atoms with Gasteiger partial charge in [-0.2, -0.15) is 0 Å². The second kappa shape index (κ2) is 11.7. The molecule has 0 aliphatic rings. The predicted octanol–water partition coefficient (Wildman–Crippen LogP) is 4.24. The first-order chi connectivity index (χ1) is 17.1. The zero-order valence-electron chi connectivity index (χ0n) is 20.4. The maximum Gasteiger partial charge on any atom is 0.271 e. The number of carbonyl (C=O) groups is 1. The van der Waals surface area contributed by atoms with E-state index in [9.17, 15) is 23.3 Å². The first-order valence-electron chi connectivity index (χ1n) is 11.4. The predicted molar refractivity (Wildman–Crippen MR) is 139 cm³/mol. The van der Waals surface area contributed by atoms with Crippen LogP contribution in [0.1, 0.15) is 34.0 Å². The number of anilines is 1. The van der Waals surface area contributed by atoms with Gasteiger partial charge in [-0.3, -0.25) is 19.2 Å².